The fourth-order valence-corrected chi connectivity index (χ4v) is 1.93. The lowest BCUT2D eigenvalue weighted by Crippen LogP contribution is -2.27. The van der Waals surface area contributed by atoms with E-state index < -0.39 is 0 Å². The normalized spacial score (nSPS) is 10.4. The van der Waals surface area contributed by atoms with Gasteiger partial charge < -0.3 is 10.1 Å². The summed E-state index contributed by atoms with van der Waals surface area (Å²) >= 11 is 0. The van der Waals surface area contributed by atoms with E-state index in [1.165, 1.54) is 0 Å². The summed E-state index contributed by atoms with van der Waals surface area (Å²) < 4.78 is 5.63. The van der Waals surface area contributed by atoms with Gasteiger partial charge >= 0.3 is 0 Å². The number of carbonyl (C=O) groups excluding carboxylic acids is 1. The minimum Gasteiger partial charge on any atom is -0.492 e. The first-order valence-corrected chi connectivity index (χ1v) is 7.04. The molecule has 106 valence electrons. The van der Waals surface area contributed by atoms with Crippen LogP contribution < -0.4 is 10.1 Å². The molecule has 1 aromatic heterocycles. The monoisotopic (exact) mass is 272 g/mol. The number of carbonyl (C=O) groups is 1. The highest BCUT2D eigenvalue weighted by Gasteiger charge is 2.00. The molecule has 2 rings (SSSR count). The molecule has 0 aliphatic heterocycles. The summed E-state index contributed by atoms with van der Waals surface area (Å²) in [5.74, 6) is 0.895. The Balaban J connectivity index is 1.77. The number of hydrogen-bond acceptors (Lipinski definition) is 3. The Morgan fingerprint density at radius 1 is 1.35 bits per heavy atom. The number of aromatic nitrogens is 1. The number of benzene rings is 1. The van der Waals surface area contributed by atoms with E-state index in [9.17, 15) is 4.79 Å². The number of fused-ring (bicyclic) bond motifs is 1. The predicted molar refractivity (Wildman–Crippen MR) is 79.8 cm³/mol. The summed E-state index contributed by atoms with van der Waals surface area (Å²) in [5.41, 5.74) is 0.952. The smallest absolute Gasteiger partial charge is 0.220 e. The highest BCUT2D eigenvalue weighted by Crippen LogP contribution is 2.18. The Morgan fingerprint density at radius 3 is 3.10 bits per heavy atom. The third-order valence-electron chi connectivity index (χ3n) is 3.02. The van der Waals surface area contributed by atoms with Gasteiger partial charge in [-0.2, -0.15) is 0 Å². The lowest BCUT2D eigenvalue weighted by Gasteiger charge is -2.08. The molecule has 2 aromatic rings. The minimum atomic E-state index is 0.0955. The van der Waals surface area contributed by atoms with E-state index in [0.29, 0.717) is 19.6 Å². The van der Waals surface area contributed by atoms with E-state index >= 15 is 0 Å². The number of nitrogens with zero attached hydrogens (tertiary/aromatic N) is 1. The molecule has 0 aliphatic rings. The zero-order valence-electron chi connectivity index (χ0n) is 11.8. The fourth-order valence-electron chi connectivity index (χ4n) is 1.93. The average molecular weight is 272 g/mol. The molecule has 0 spiro atoms. The lowest BCUT2D eigenvalue weighted by molar-refractivity contribution is -0.121. The van der Waals surface area contributed by atoms with Crippen molar-refractivity contribution in [3.63, 3.8) is 0 Å². The van der Waals surface area contributed by atoms with E-state index in [4.69, 9.17) is 4.74 Å². The predicted octanol–water partition coefficient (Wildman–Crippen LogP) is 2.92. The van der Waals surface area contributed by atoms with Crippen LogP contribution in [0.1, 0.15) is 26.2 Å². The molecule has 4 heteroatoms. The molecule has 0 aliphatic carbocycles. The van der Waals surface area contributed by atoms with E-state index in [-0.39, 0.29) is 5.91 Å². The van der Waals surface area contributed by atoms with Crippen LogP contribution in [0.2, 0.25) is 0 Å². The van der Waals surface area contributed by atoms with Crippen molar-refractivity contribution in [3.05, 3.63) is 36.5 Å². The maximum atomic E-state index is 11.4. The van der Waals surface area contributed by atoms with Crippen molar-refractivity contribution in [1.29, 1.82) is 0 Å². The zero-order valence-corrected chi connectivity index (χ0v) is 11.8. The van der Waals surface area contributed by atoms with Gasteiger partial charge in [0.05, 0.1) is 12.1 Å². The van der Waals surface area contributed by atoms with Gasteiger partial charge in [0.2, 0.25) is 5.91 Å². The topological polar surface area (TPSA) is 51.2 Å². The highest BCUT2D eigenvalue weighted by molar-refractivity contribution is 5.79. The number of nitrogens with one attached hydrogen (secondary N) is 1. The van der Waals surface area contributed by atoms with Crippen LogP contribution in [0.3, 0.4) is 0 Å². The van der Waals surface area contributed by atoms with E-state index in [2.05, 4.69) is 17.2 Å². The Bertz CT molecular complexity index is 569. The second kappa shape index (κ2) is 7.48. The van der Waals surface area contributed by atoms with Crippen molar-refractivity contribution < 1.29 is 9.53 Å². The molecule has 0 radical (unpaired) electrons. The van der Waals surface area contributed by atoms with Crippen LogP contribution in [-0.4, -0.2) is 24.0 Å². The van der Waals surface area contributed by atoms with Crippen molar-refractivity contribution in [2.75, 3.05) is 13.2 Å². The van der Waals surface area contributed by atoms with Crippen LogP contribution in [0.25, 0.3) is 10.9 Å². The average Bonchev–Trinajstić information content (AvgIpc) is 2.49. The third kappa shape index (κ3) is 4.23. The first-order valence-electron chi connectivity index (χ1n) is 7.04. The van der Waals surface area contributed by atoms with Gasteiger partial charge in [0.1, 0.15) is 12.4 Å². The maximum absolute atomic E-state index is 11.4. The standard InChI is InChI=1S/C16H20N2O2/c1-2-3-6-16(19)18-10-11-20-14-7-8-15-13(12-14)5-4-9-17-15/h4-5,7-9,12H,2-3,6,10-11H2,1H3,(H,18,19). The first-order chi connectivity index (χ1) is 9.79. The van der Waals surface area contributed by atoms with Crippen LogP contribution >= 0.6 is 0 Å². The fraction of sp³-hybridized carbons (Fsp3) is 0.375. The molecule has 20 heavy (non-hydrogen) atoms. The van der Waals surface area contributed by atoms with Crippen molar-refractivity contribution in [2.45, 2.75) is 26.2 Å². The summed E-state index contributed by atoms with van der Waals surface area (Å²) in [6.07, 6.45) is 4.34. The Hall–Kier alpha value is -2.10. The van der Waals surface area contributed by atoms with Gasteiger partial charge in [0, 0.05) is 18.0 Å². The molecule has 1 aromatic carbocycles. The summed E-state index contributed by atoms with van der Waals surface area (Å²) in [4.78, 5) is 15.7. The molecule has 0 atom stereocenters. The van der Waals surface area contributed by atoms with E-state index in [0.717, 1.165) is 29.5 Å². The van der Waals surface area contributed by atoms with E-state index in [1.54, 1.807) is 6.20 Å². The molecule has 0 fully saturated rings. The molecule has 1 N–H and O–H groups in total. The van der Waals surface area contributed by atoms with Crippen molar-refractivity contribution >= 4 is 16.8 Å². The second-order valence-corrected chi connectivity index (χ2v) is 4.66. The quantitative estimate of drug-likeness (QED) is 0.788. The summed E-state index contributed by atoms with van der Waals surface area (Å²) in [7, 11) is 0. The van der Waals surface area contributed by atoms with Crippen LogP contribution in [0, 0.1) is 0 Å². The van der Waals surface area contributed by atoms with Gasteiger partial charge in [-0.1, -0.05) is 19.4 Å². The van der Waals surface area contributed by atoms with Crippen molar-refractivity contribution in [3.8, 4) is 5.75 Å². The summed E-state index contributed by atoms with van der Waals surface area (Å²) in [6, 6.07) is 9.70. The maximum Gasteiger partial charge on any atom is 0.220 e. The van der Waals surface area contributed by atoms with Gasteiger partial charge in [-0.15, -0.1) is 0 Å². The number of amides is 1. The van der Waals surface area contributed by atoms with Crippen molar-refractivity contribution in [2.24, 2.45) is 0 Å². The molecule has 0 saturated carbocycles. The van der Waals surface area contributed by atoms with Gasteiger partial charge in [0.15, 0.2) is 0 Å². The Kier molecular flexibility index (Phi) is 5.35. The minimum absolute atomic E-state index is 0.0955. The number of unbranched alkanes of at least 4 members (excludes halogenated alkanes) is 1. The molecule has 0 saturated heterocycles. The SMILES string of the molecule is CCCCC(=O)NCCOc1ccc2ncccc2c1. The Morgan fingerprint density at radius 2 is 2.25 bits per heavy atom. The van der Waals surface area contributed by atoms with Crippen LogP contribution in [0.15, 0.2) is 36.5 Å². The lowest BCUT2D eigenvalue weighted by atomic mass is 10.2. The molecule has 1 heterocycles. The zero-order chi connectivity index (χ0) is 14.2. The van der Waals surface area contributed by atoms with Gasteiger partial charge in [-0.3, -0.25) is 9.78 Å². The molecule has 4 nitrogen and oxygen atoms in total. The van der Waals surface area contributed by atoms with Gasteiger partial charge in [-0.05, 0) is 30.7 Å². The van der Waals surface area contributed by atoms with Gasteiger partial charge in [-0.25, -0.2) is 0 Å². The van der Waals surface area contributed by atoms with Gasteiger partial charge in [0.25, 0.3) is 0 Å². The van der Waals surface area contributed by atoms with Crippen LogP contribution in [0.4, 0.5) is 0 Å². The Labute approximate surface area is 119 Å². The molecule has 1 amide bonds. The first kappa shape index (κ1) is 14.3. The molecule has 0 bridgehead atoms. The third-order valence-corrected chi connectivity index (χ3v) is 3.02. The molecule has 0 unspecified atom stereocenters. The number of rotatable bonds is 7. The molecular weight excluding hydrogens is 252 g/mol. The number of ether oxygens (including phenoxy) is 1. The van der Waals surface area contributed by atoms with E-state index in [1.807, 2.05) is 30.3 Å². The summed E-state index contributed by atoms with van der Waals surface area (Å²) in [6.45, 7) is 3.09. The molecular formula is C16H20N2O2. The van der Waals surface area contributed by atoms with Crippen LogP contribution in [0.5, 0.6) is 5.75 Å². The largest absolute Gasteiger partial charge is 0.492 e. The number of pyridine rings is 1. The summed E-state index contributed by atoms with van der Waals surface area (Å²) in [5, 5.41) is 3.90. The van der Waals surface area contributed by atoms with Crippen molar-refractivity contribution in [1.82, 2.24) is 10.3 Å². The highest BCUT2D eigenvalue weighted by atomic mass is 16.5. The van der Waals surface area contributed by atoms with Crippen LogP contribution in [-0.2, 0) is 4.79 Å². The second-order valence-electron chi connectivity index (χ2n) is 4.66. The number of hydrogen-bond donors (Lipinski definition) is 1.